The Bertz CT molecular complexity index is 1040. The monoisotopic (exact) mass is 469 g/mol. The summed E-state index contributed by atoms with van der Waals surface area (Å²) in [6.45, 7) is 0.208. The summed E-state index contributed by atoms with van der Waals surface area (Å²) in [5.41, 5.74) is 0.726. The zero-order valence-electron chi connectivity index (χ0n) is 16.8. The smallest absolute Gasteiger partial charge is 0.477 e. The number of ether oxygens (including phenoxy) is 2. The van der Waals surface area contributed by atoms with Gasteiger partial charge in [-0.3, -0.25) is 9.69 Å². The van der Waals surface area contributed by atoms with Gasteiger partial charge in [-0.25, -0.2) is 14.4 Å². The van der Waals surface area contributed by atoms with Crippen LogP contribution in [0, 0.1) is 5.92 Å². The van der Waals surface area contributed by atoms with E-state index >= 15 is 0 Å². The number of hydrogen-bond donors (Lipinski definition) is 3. The lowest BCUT2D eigenvalue weighted by Crippen LogP contribution is -2.72. The van der Waals surface area contributed by atoms with E-state index in [0.717, 1.165) is 12.1 Å². The molecule has 0 bridgehead atoms. The van der Waals surface area contributed by atoms with Gasteiger partial charge >= 0.3 is 24.2 Å². The van der Waals surface area contributed by atoms with E-state index in [1.165, 1.54) is 17.0 Å². The number of β-lactam (4-membered cyclic amide) rings is 1. The molecule has 4 rings (SSSR count). The van der Waals surface area contributed by atoms with Crippen molar-refractivity contribution in [1.82, 2.24) is 15.5 Å². The van der Waals surface area contributed by atoms with Gasteiger partial charge in [0.15, 0.2) is 0 Å². The normalized spacial score (nSPS) is 23.5. The van der Waals surface area contributed by atoms with Crippen molar-refractivity contribution in [3.63, 3.8) is 0 Å². The van der Waals surface area contributed by atoms with Crippen molar-refractivity contribution in [3.05, 3.63) is 41.1 Å². The number of carboxylic acid groups (broad SMARTS) is 1. The number of amides is 2. The Morgan fingerprint density at radius 3 is 2.55 bits per heavy atom. The molecule has 176 valence electrons. The van der Waals surface area contributed by atoms with E-state index in [-0.39, 0.29) is 42.5 Å². The first-order chi connectivity index (χ1) is 15.6. The molecule has 3 N–H and O–H groups in total. The fourth-order valence-corrected chi connectivity index (χ4v) is 4.29. The standard InChI is InChI=1S/C20H18F3N3O7/c21-20(22,23)18(30)33-10-3-1-9(2-4-10)7-25-19(31)32-8-12-11-5-6-24-13-14(11)26(16(13)27)15(12)17(28)29/h1-4,11,13-14,24H,5-8H2,(H,25,31)(H,28,29)/t11?,13-,14+/m0/s1. The molecule has 0 aromatic heterocycles. The Morgan fingerprint density at radius 1 is 1.21 bits per heavy atom. The van der Waals surface area contributed by atoms with E-state index in [4.69, 9.17) is 4.74 Å². The van der Waals surface area contributed by atoms with Crippen molar-refractivity contribution >= 4 is 23.9 Å². The number of hydrogen-bond acceptors (Lipinski definition) is 7. The number of nitrogens with one attached hydrogen (secondary N) is 2. The van der Waals surface area contributed by atoms with Crippen LogP contribution in [0.4, 0.5) is 18.0 Å². The number of benzene rings is 1. The fourth-order valence-electron chi connectivity index (χ4n) is 4.29. The molecule has 2 saturated heterocycles. The van der Waals surface area contributed by atoms with Crippen LogP contribution in [-0.2, 0) is 25.7 Å². The third kappa shape index (κ3) is 4.23. The predicted molar refractivity (Wildman–Crippen MR) is 102 cm³/mol. The summed E-state index contributed by atoms with van der Waals surface area (Å²) in [5, 5.41) is 15.1. The lowest BCUT2D eigenvalue weighted by Gasteiger charge is -2.48. The van der Waals surface area contributed by atoms with E-state index < -0.39 is 30.2 Å². The number of alkyl halides is 3. The van der Waals surface area contributed by atoms with Gasteiger partial charge in [-0.1, -0.05) is 12.1 Å². The molecule has 3 aliphatic rings. The number of esters is 1. The van der Waals surface area contributed by atoms with Gasteiger partial charge in [0.2, 0.25) is 5.91 Å². The Morgan fingerprint density at radius 2 is 1.91 bits per heavy atom. The summed E-state index contributed by atoms with van der Waals surface area (Å²) in [5.74, 6) is -4.44. The zero-order valence-corrected chi connectivity index (χ0v) is 16.8. The van der Waals surface area contributed by atoms with Crippen molar-refractivity contribution in [3.8, 4) is 5.75 Å². The molecule has 1 unspecified atom stereocenters. The average molecular weight is 469 g/mol. The molecule has 3 atom stereocenters. The minimum atomic E-state index is -5.11. The second-order valence-corrected chi connectivity index (χ2v) is 7.67. The van der Waals surface area contributed by atoms with Crippen molar-refractivity contribution in [2.24, 2.45) is 5.92 Å². The summed E-state index contributed by atoms with van der Waals surface area (Å²) < 4.78 is 46.0. The van der Waals surface area contributed by atoms with Crippen LogP contribution >= 0.6 is 0 Å². The third-order valence-electron chi connectivity index (χ3n) is 5.73. The molecule has 33 heavy (non-hydrogen) atoms. The lowest BCUT2D eigenvalue weighted by molar-refractivity contribution is -0.189. The number of aliphatic carboxylic acids is 1. The molecule has 13 heteroatoms. The van der Waals surface area contributed by atoms with Crippen LogP contribution in [0.2, 0.25) is 0 Å². The molecular formula is C20H18F3N3O7. The highest BCUT2D eigenvalue weighted by Gasteiger charge is 2.61. The number of alkyl carbamates (subject to hydrolysis) is 1. The highest BCUT2D eigenvalue weighted by atomic mass is 19.4. The van der Waals surface area contributed by atoms with Gasteiger partial charge in [-0.05, 0) is 30.7 Å². The molecule has 2 amide bonds. The maximum absolute atomic E-state index is 12.2. The quantitative estimate of drug-likeness (QED) is 0.318. The number of nitrogens with zero attached hydrogens (tertiary/aromatic N) is 1. The average Bonchev–Trinajstić information content (AvgIpc) is 3.10. The molecule has 3 heterocycles. The van der Waals surface area contributed by atoms with Gasteiger partial charge in [-0.15, -0.1) is 0 Å². The van der Waals surface area contributed by atoms with Crippen molar-refractivity contribution in [2.75, 3.05) is 13.2 Å². The van der Waals surface area contributed by atoms with Gasteiger partial charge in [-0.2, -0.15) is 13.2 Å². The minimum absolute atomic E-state index is 0.0418. The van der Waals surface area contributed by atoms with Crippen LogP contribution in [0.3, 0.4) is 0 Å². The maximum atomic E-state index is 12.2. The molecular weight excluding hydrogens is 451 g/mol. The van der Waals surface area contributed by atoms with E-state index in [1.807, 2.05) is 0 Å². The van der Waals surface area contributed by atoms with Crippen LogP contribution in [0.5, 0.6) is 5.75 Å². The molecule has 10 nitrogen and oxygen atoms in total. The first-order valence-electron chi connectivity index (χ1n) is 9.89. The van der Waals surface area contributed by atoms with Gasteiger partial charge in [0.1, 0.15) is 24.1 Å². The van der Waals surface area contributed by atoms with Crippen LogP contribution in [0.25, 0.3) is 0 Å². The van der Waals surface area contributed by atoms with E-state index in [2.05, 4.69) is 15.4 Å². The summed E-state index contributed by atoms with van der Waals surface area (Å²) in [4.78, 5) is 48.1. The van der Waals surface area contributed by atoms with E-state index in [1.54, 1.807) is 0 Å². The predicted octanol–water partition coefficient (Wildman–Crippen LogP) is 0.922. The number of carboxylic acids is 1. The molecule has 1 aromatic rings. The Balaban J connectivity index is 1.31. The molecule has 0 spiro atoms. The van der Waals surface area contributed by atoms with Crippen LogP contribution in [0.15, 0.2) is 35.5 Å². The number of rotatable bonds is 6. The second kappa shape index (κ2) is 8.39. The number of carbonyl (C=O) groups is 4. The van der Waals surface area contributed by atoms with Crippen molar-refractivity contribution in [2.45, 2.75) is 31.2 Å². The Labute approximate surface area is 184 Å². The largest absolute Gasteiger partial charge is 0.491 e. The lowest BCUT2D eigenvalue weighted by atomic mass is 9.79. The molecule has 1 aromatic carbocycles. The first kappa shape index (κ1) is 22.6. The Hall–Kier alpha value is -3.61. The highest BCUT2D eigenvalue weighted by Crippen LogP contribution is 2.46. The molecule has 3 aliphatic heterocycles. The van der Waals surface area contributed by atoms with Gasteiger partial charge in [0.05, 0.1) is 6.04 Å². The van der Waals surface area contributed by atoms with Crippen LogP contribution < -0.4 is 15.4 Å². The fraction of sp³-hybridized carbons (Fsp3) is 0.400. The van der Waals surface area contributed by atoms with Gasteiger partial charge in [0.25, 0.3) is 0 Å². The van der Waals surface area contributed by atoms with Crippen LogP contribution in [-0.4, -0.2) is 65.4 Å². The van der Waals surface area contributed by atoms with E-state index in [0.29, 0.717) is 24.1 Å². The summed E-state index contributed by atoms with van der Waals surface area (Å²) in [7, 11) is 0. The summed E-state index contributed by atoms with van der Waals surface area (Å²) in [6.07, 6.45) is -5.35. The van der Waals surface area contributed by atoms with Crippen LogP contribution in [0.1, 0.15) is 12.0 Å². The number of halogens is 3. The molecule has 0 radical (unpaired) electrons. The molecule has 0 aliphatic carbocycles. The highest BCUT2D eigenvalue weighted by molar-refractivity contribution is 6.01. The van der Waals surface area contributed by atoms with Crippen molar-refractivity contribution < 1.29 is 46.9 Å². The minimum Gasteiger partial charge on any atom is -0.477 e. The summed E-state index contributed by atoms with van der Waals surface area (Å²) >= 11 is 0. The number of piperidine rings is 1. The topological polar surface area (TPSA) is 134 Å². The second-order valence-electron chi connectivity index (χ2n) is 7.67. The molecule has 0 saturated carbocycles. The SMILES string of the molecule is O=C(NCc1ccc(OC(=O)C(F)(F)F)cc1)OCC1=C(C(=O)O)N2C(=O)[C@H]3NCCC1[C@H]32. The third-order valence-corrected chi connectivity index (χ3v) is 5.73. The summed E-state index contributed by atoms with van der Waals surface area (Å²) in [6, 6.07) is 4.28. The zero-order chi connectivity index (χ0) is 23.9. The Kier molecular flexibility index (Phi) is 5.74. The van der Waals surface area contributed by atoms with Crippen molar-refractivity contribution in [1.29, 1.82) is 0 Å². The van der Waals surface area contributed by atoms with Gasteiger partial charge < -0.3 is 25.2 Å². The van der Waals surface area contributed by atoms with Gasteiger partial charge in [0, 0.05) is 18.0 Å². The maximum Gasteiger partial charge on any atom is 0.491 e. The first-order valence-corrected chi connectivity index (χ1v) is 9.89. The number of carbonyl (C=O) groups excluding carboxylic acids is 3. The van der Waals surface area contributed by atoms with E-state index in [9.17, 15) is 37.5 Å². The molecule has 2 fully saturated rings.